The smallest absolute Gasteiger partial charge is 0.254 e. The number of nitrogens with zero attached hydrogens (tertiary/aromatic N) is 5. The lowest BCUT2D eigenvalue weighted by molar-refractivity contribution is 0.0745. The van der Waals surface area contributed by atoms with Crippen LogP contribution < -0.4 is 0 Å². The van der Waals surface area contributed by atoms with Crippen molar-refractivity contribution in [1.29, 1.82) is 0 Å². The van der Waals surface area contributed by atoms with Crippen LogP contribution in [0.2, 0.25) is 0 Å². The number of hydrogen-bond acceptors (Lipinski definition) is 4. The third-order valence-corrected chi connectivity index (χ3v) is 6.82. The van der Waals surface area contributed by atoms with Crippen LogP contribution in [0.1, 0.15) is 27.3 Å². The molecule has 6 nitrogen and oxygen atoms in total. The van der Waals surface area contributed by atoms with E-state index in [1.54, 1.807) is 6.20 Å². The van der Waals surface area contributed by atoms with Crippen molar-refractivity contribution in [2.75, 3.05) is 33.2 Å². The van der Waals surface area contributed by atoms with Gasteiger partial charge in [-0.1, -0.05) is 42.5 Å². The molecule has 0 bridgehead atoms. The standard InChI is InChI=1S/C28H31N5O/c1-21-29-13-14-32(21)20-25-7-3-4-11-26(25)28(34)33-16-15-31(2)18-22(19-33)17-24-9-5-8-23-10-6-12-30-27(23)24/h3-14,22H,15-20H2,1-2H3. The van der Waals surface area contributed by atoms with Gasteiger partial charge in [0.2, 0.25) is 0 Å². The summed E-state index contributed by atoms with van der Waals surface area (Å²) >= 11 is 0. The van der Waals surface area contributed by atoms with E-state index in [2.05, 4.69) is 56.8 Å². The summed E-state index contributed by atoms with van der Waals surface area (Å²) in [4.78, 5) is 27.1. The van der Waals surface area contributed by atoms with Gasteiger partial charge >= 0.3 is 0 Å². The van der Waals surface area contributed by atoms with Gasteiger partial charge in [0.25, 0.3) is 5.91 Å². The highest BCUT2D eigenvalue weighted by Gasteiger charge is 2.27. The minimum absolute atomic E-state index is 0.115. The number of carbonyl (C=O) groups is 1. The van der Waals surface area contributed by atoms with Crippen molar-refractivity contribution in [3.05, 3.63) is 95.7 Å². The molecule has 1 aliphatic rings. The van der Waals surface area contributed by atoms with Gasteiger partial charge in [0.1, 0.15) is 5.82 Å². The number of imidazole rings is 1. The first-order valence-corrected chi connectivity index (χ1v) is 11.9. The van der Waals surface area contributed by atoms with Gasteiger partial charge in [0.05, 0.1) is 5.52 Å². The van der Waals surface area contributed by atoms with Crippen LogP contribution in [0.3, 0.4) is 0 Å². The molecular weight excluding hydrogens is 422 g/mol. The molecule has 1 fully saturated rings. The number of aromatic nitrogens is 3. The van der Waals surface area contributed by atoms with Crippen molar-refractivity contribution in [1.82, 2.24) is 24.3 Å². The van der Waals surface area contributed by atoms with Crippen LogP contribution >= 0.6 is 0 Å². The van der Waals surface area contributed by atoms with Gasteiger partial charge in [0.15, 0.2) is 0 Å². The van der Waals surface area contributed by atoms with Gasteiger partial charge < -0.3 is 14.4 Å². The number of likely N-dealkylation sites (N-methyl/N-ethyl adjacent to an activating group) is 1. The van der Waals surface area contributed by atoms with E-state index in [1.165, 1.54) is 10.9 Å². The summed E-state index contributed by atoms with van der Waals surface area (Å²) in [5, 5.41) is 1.17. The van der Waals surface area contributed by atoms with Crippen molar-refractivity contribution < 1.29 is 4.79 Å². The highest BCUT2D eigenvalue weighted by molar-refractivity contribution is 5.95. The van der Waals surface area contributed by atoms with Crippen LogP contribution in [0, 0.1) is 12.8 Å². The first kappa shape index (κ1) is 22.3. The molecular formula is C28H31N5O. The third-order valence-electron chi connectivity index (χ3n) is 6.82. The van der Waals surface area contributed by atoms with E-state index in [-0.39, 0.29) is 5.91 Å². The zero-order valence-electron chi connectivity index (χ0n) is 19.9. The van der Waals surface area contributed by atoms with E-state index in [4.69, 9.17) is 0 Å². The molecule has 5 rings (SSSR count). The lowest BCUT2D eigenvalue weighted by Gasteiger charge is -2.25. The van der Waals surface area contributed by atoms with E-state index >= 15 is 0 Å². The van der Waals surface area contributed by atoms with Crippen LogP contribution in [-0.4, -0.2) is 63.5 Å². The van der Waals surface area contributed by atoms with E-state index in [0.717, 1.165) is 55.1 Å². The highest BCUT2D eigenvalue weighted by atomic mass is 16.2. The molecule has 0 saturated carbocycles. The summed E-state index contributed by atoms with van der Waals surface area (Å²) in [6.07, 6.45) is 6.53. The van der Waals surface area contributed by atoms with Gasteiger partial charge in [-0.15, -0.1) is 0 Å². The number of hydrogen-bond donors (Lipinski definition) is 0. The molecule has 1 saturated heterocycles. The summed E-state index contributed by atoms with van der Waals surface area (Å²) in [6, 6.07) is 18.5. The first-order valence-electron chi connectivity index (χ1n) is 11.9. The van der Waals surface area contributed by atoms with Crippen LogP contribution in [0.4, 0.5) is 0 Å². The number of rotatable bonds is 5. The van der Waals surface area contributed by atoms with Crippen molar-refractivity contribution in [2.24, 2.45) is 5.92 Å². The maximum absolute atomic E-state index is 13.8. The number of fused-ring (bicyclic) bond motifs is 1. The molecule has 1 unspecified atom stereocenters. The second kappa shape index (κ2) is 9.77. The number of amides is 1. The molecule has 2 aromatic heterocycles. The fourth-order valence-electron chi connectivity index (χ4n) is 5.03. The molecule has 3 heterocycles. The monoisotopic (exact) mass is 453 g/mol. The Kier molecular flexibility index (Phi) is 6.41. The number of aryl methyl sites for hydroxylation is 1. The average molecular weight is 454 g/mol. The van der Waals surface area contributed by atoms with E-state index in [1.807, 2.05) is 48.5 Å². The topological polar surface area (TPSA) is 54.3 Å². The fourth-order valence-corrected chi connectivity index (χ4v) is 5.03. The number of benzene rings is 2. The summed E-state index contributed by atoms with van der Waals surface area (Å²) in [7, 11) is 2.15. The zero-order valence-corrected chi connectivity index (χ0v) is 19.9. The Labute approximate surface area is 200 Å². The summed E-state index contributed by atoms with van der Waals surface area (Å²) in [5.74, 6) is 1.40. The first-order chi connectivity index (χ1) is 16.6. The Morgan fingerprint density at radius 1 is 0.941 bits per heavy atom. The van der Waals surface area contributed by atoms with Gasteiger partial charge in [-0.3, -0.25) is 9.78 Å². The average Bonchev–Trinajstić information content (AvgIpc) is 3.15. The molecule has 0 aliphatic carbocycles. The number of carbonyl (C=O) groups excluding carboxylic acids is 1. The largest absolute Gasteiger partial charge is 0.337 e. The Morgan fingerprint density at radius 2 is 1.76 bits per heavy atom. The number of pyridine rings is 1. The minimum atomic E-state index is 0.115. The molecule has 6 heteroatoms. The Hall–Kier alpha value is -3.51. The van der Waals surface area contributed by atoms with Crippen molar-refractivity contribution in [3.8, 4) is 0 Å². The Bertz CT molecular complexity index is 1290. The molecule has 0 N–H and O–H groups in total. The van der Waals surface area contributed by atoms with Crippen molar-refractivity contribution in [3.63, 3.8) is 0 Å². The van der Waals surface area contributed by atoms with Crippen LogP contribution in [0.15, 0.2) is 73.2 Å². The maximum atomic E-state index is 13.8. The minimum Gasteiger partial charge on any atom is -0.337 e. The SMILES string of the molecule is Cc1nccn1Cc1ccccc1C(=O)N1CCN(C)CC(Cc2cccc3cccnc23)C1. The van der Waals surface area contributed by atoms with E-state index in [9.17, 15) is 4.79 Å². The molecule has 4 aromatic rings. The Morgan fingerprint density at radius 3 is 2.62 bits per heavy atom. The second-order valence-electron chi connectivity index (χ2n) is 9.34. The highest BCUT2D eigenvalue weighted by Crippen LogP contribution is 2.23. The summed E-state index contributed by atoms with van der Waals surface area (Å²) in [5.41, 5.74) is 4.13. The van der Waals surface area contributed by atoms with E-state index < -0.39 is 0 Å². The fraction of sp³-hybridized carbons (Fsp3) is 0.321. The molecule has 1 amide bonds. The van der Waals surface area contributed by atoms with Gasteiger partial charge in [0, 0.05) is 62.3 Å². The van der Waals surface area contributed by atoms with Gasteiger partial charge in [-0.25, -0.2) is 4.98 Å². The van der Waals surface area contributed by atoms with E-state index in [0.29, 0.717) is 12.5 Å². The lowest BCUT2D eigenvalue weighted by Crippen LogP contribution is -2.37. The van der Waals surface area contributed by atoms with Crippen LogP contribution in [0.5, 0.6) is 0 Å². The molecule has 1 aliphatic heterocycles. The predicted octanol–water partition coefficient (Wildman–Crippen LogP) is 4.03. The zero-order chi connectivity index (χ0) is 23.5. The third kappa shape index (κ3) is 4.73. The summed E-state index contributed by atoms with van der Waals surface area (Å²) in [6.45, 7) is 5.94. The molecule has 2 aromatic carbocycles. The number of para-hydroxylation sites is 1. The van der Waals surface area contributed by atoms with Gasteiger partial charge in [-0.05, 0) is 49.6 Å². The van der Waals surface area contributed by atoms with Crippen LogP contribution in [0.25, 0.3) is 10.9 Å². The second-order valence-corrected chi connectivity index (χ2v) is 9.34. The molecule has 0 spiro atoms. The Balaban J connectivity index is 1.39. The molecule has 0 radical (unpaired) electrons. The molecule has 1 atom stereocenters. The lowest BCUT2D eigenvalue weighted by atomic mass is 9.96. The van der Waals surface area contributed by atoms with Crippen molar-refractivity contribution in [2.45, 2.75) is 19.9 Å². The van der Waals surface area contributed by atoms with Crippen LogP contribution in [-0.2, 0) is 13.0 Å². The molecule has 174 valence electrons. The predicted molar refractivity (Wildman–Crippen MR) is 135 cm³/mol. The summed E-state index contributed by atoms with van der Waals surface area (Å²) < 4.78 is 2.08. The molecule has 34 heavy (non-hydrogen) atoms. The van der Waals surface area contributed by atoms with Gasteiger partial charge in [-0.2, -0.15) is 0 Å². The van der Waals surface area contributed by atoms with Crippen molar-refractivity contribution >= 4 is 16.8 Å². The maximum Gasteiger partial charge on any atom is 0.254 e. The normalized spacial score (nSPS) is 17.1. The quantitative estimate of drug-likeness (QED) is 0.458.